The summed E-state index contributed by atoms with van der Waals surface area (Å²) in [4.78, 5) is 21.2. The Balaban J connectivity index is 1.56. The molecule has 0 saturated carbocycles. The highest BCUT2D eigenvalue weighted by molar-refractivity contribution is 5.95. The Hall–Kier alpha value is -3.22. The number of carbonyl (C=O) groups excluding carboxylic acids is 1. The van der Waals surface area contributed by atoms with Gasteiger partial charge in [0.05, 0.1) is 35.5 Å². The second-order valence-electron chi connectivity index (χ2n) is 6.89. The number of aromatic nitrogens is 2. The number of amides is 1. The molecule has 1 N–H and O–H groups in total. The maximum absolute atomic E-state index is 14.4. The zero-order chi connectivity index (χ0) is 19.8. The van der Waals surface area contributed by atoms with Crippen LogP contribution >= 0.6 is 0 Å². The topological polar surface area (TPSA) is 77.2 Å². The monoisotopic (exact) mass is 381 g/mol. The van der Waals surface area contributed by atoms with E-state index in [0.29, 0.717) is 40.3 Å². The van der Waals surface area contributed by atoms with Crippen molar-refractivity contribution in [2.24, 2.45) is 0 Å². The lowest BCUT2D eigenvalue weighted by Gasteiger charge is -2.14. The molecule has 3 heterocycles. The van der Waals surface area contributed by atoms with Gasteiger partial charge in [0.2, 0.25) is 0 Å². The van der Waals surface area contributed by atoms with Crippen molar-refractivity contribution in [3.8, 4) is 17.0 Å². The first kappa shape index (κ1) is 18.2. The van der Waals surface area contributed by atoms with E-state index in [-0.39, 0.29) is 24.4 Å². The SMILES string of the molecule is Cc1cnc(C)c(-c2ccc(F)c3c2O[C@H](CNC(=O)c2ccoc2C)C3)n1. The molecule has 0 bridgehead atoms. The second-order valence-corrected chi connectivity index (χ2v) is 6.89. The van der Waals surface area contributed by atoms with Gasteiger partial charge in [-0.05, 0) is 39.0 Å². The third-order valence-corrected chi connectivity index (χ3v) is 4.84. The van der Waals surface area contributed by atoms with Crippen molar-refractivity contribution in [3.63, 3.8) is 0 Å². The molecule has 0 spiro atoms. The van der Waals surface area contributed by atoms with Crippen molar-refractivity contribution < 1.29 is 18.3 Å². The summed E-state index contributed by atoms with van der Waals surface area (Å²) in [6.45, 7) is 5.70. The van der Waals surface area contributed by atoms with E-state index >= 15 is 0 Å². The molecule has 1 aliphatic rings. The molecular weight excluding hydrogens is 361 g/mol. The first-order valence-electron chi connectivity index (χ1n) is 9.05. The molecule has 4 rings (SSSR count). The van der Waals surface area contributed by atoms with Crippen LogP contribution in [-0.4, -0.2) is 28.5 Å². The molecule has 7 heteroatoms. The minimum Gasteiger partial charge on any atom is -0.487 e. The standard InChI is InChI=1S/C21H20FN3O3/c1-11-9-23-12(2)19(25-11)16-4-5-18(22)17-8-14(28-20(16)17)10-24-21(26)15-6-7-27-13(15)3/h4-7,9,14H,8,10H2,1-3H3,(H,24,26)/t14-/m0/s1. The summed E-state index contributed by atoms with van der Waals surface area (Å²) in [5.74, 6) is 0.458. The summed E-state index contributed by atoms with van der Waals surface area (Å²) < 4.78 is 25.6. The van der Waals surface area contributed by atoms with Crippen molar-refractivity contribution in [2.75, 3.05) is 6.54 Å². The molecule has 0 saturated heterocycles. The van der Waals surface area contributed by atoms with Crippen LogP contribution in [0.25, 0.3) is 11.3 Å². The smallest absolute Gasteiger partial charge is 0.254 e. The highest BCUT2D eigenvalue weighted by atomic mass is 19.1. The Morgan fingerprint density at radius 2 is 2.11 bits per heavy atom. The van der Waals surface area contributed by atoms with Crippen molar-refractivity contribution in [2.45, 2.75) is 33.3 Å². The predicted molar refractivity (Wildman–Crippen MR) is 101 cm³/mol. The number of rotatable bonds is 4. The van der Waals surface area contributed by atoms with Gasteiger partial charge in [-0.1, -0.05) is 0 Å². The summed E-state index contributed by atoms with van der Waals surface area (Å²) in [5.41, 5.74) is 3.89. The Morgan fingerprint density at radius 3 is 2.86 bits per heavy atom. The molecule has 0 unspecified atom stereocenters. The summed E-state index contributed by atoms with van der Waals surface area (Å²) in [7, 11) is 0. The van der Waals surface area contributed by atoms with Gasteiger partial charge >= 0.3 is 0 Å². The van der Waals surface area contributed by atoms with Crippen molar-refractivity contribution in [1.29, 1.82) is 0 Å². The first-order chi connectivity index (χ1) is 13.4. The number of nitrogens with zero attached hydrogens (tertiary/aromatic N) is 2. The molecule has 0 fully saturated rings. The van der Waals surface area contributed by atoms with Crippen molar-refractivity contribution in [1.82, 2.24) is 15.3 Å². The summed E-state index contributed by atoms with van der Waals surface area (Å²) in [5, 5.41) is 2.83. The van der Waals surface area contributed by atoms with E-state index in [0.717, 1.165) is 11.4 Å². The average molecular weight is 381 g/mol. The number of furan rings is 1. The lowest BCUT2D eigenvalue weighted by Crippen LogP contribution is -2.34. The quantitative estimate of drug-likeness (QED) is 0.748. The van der Waals surface area contributed by atoms with Crippen LogP contribution in [0.2, 0.25) is 0 Å². The van der Waals surface area contributed by atoms with Crippen LogP contribution in [0.15, 0.2) is 35.1 Å². The second kappa shape index (κ2) is 7.07. The van der Waals surface area contributed by atoms with Gasteiger partial charge in [0.1, 0.15) is 23.4 Å². The normalized spacial score (nSPS) is 15.2. The lowest BCUT2D eigenvalue weighted by molar-refractivity contribution is 0.0932. The largest absolute Gasteiger partial charge is 0.487 e. The maximum Gasteiger partial charge on any atom is 0.254 e. The molecule has 0 radical (unpaired) electrons. The van der Waals surface area contributed by atoms with Gasteiger partial charge < -0.3 is 14.5 Å². The zero-order valence-corrected chi connectivity index (χ0v) is 15.9. The maximum atomic E-state index is 14.4. The van der Waals surface area contributed by atoms with E-state index in [2.05, 4.69) is 15.3 Å². The Morgan fingerprint density at radius 1 is 1.29 bits per heavy atom. The molecule has 0 aliphatic carbocycles. The summed E-state index contributed by atoms with van der Waals surface area (Å²) in [6, 6.07) is 4.71. The average Bonchev–Trinajstić information content (AvgIpc) is 3.29. The van der Waals surface area contributed by atoms with Crippen LogP contribution in [-0.2, 0) is 6.42 Å². The van der Waals surface area contributed by atoms with Crippen molar-refractivity contribution >= 4 is 5.91 Å². The first-order valence-corrected chi connectivity index (χ1v) is 9.05. The number of carbonyl (C=O) groups is 1. The Kier molecular flexibility index (Phi) is 4.58. The van der Waals surface area contributed by atoms with Gasteiger partial charge in [0.15, 0.2) is 0 Å². The molecule has 6 nitrogen and oxygen atoms in total. The highest BCUT2D eigenvalue weighted by Crippen LogP contribution is 2.40. The molecule has 1 aromatic carbocycles. The molecule has 144 valence electrons. The van der Waals surface area contributed by atoms with Crippen LogP contribution in [0.1, 0.15) is 33.1 Å². The van der Waals surface area contributed by atoms with E-state index in [4.69, 9.17) is 9.15 Å². The van der Waals surface area contributed by atoms with Gasteiger partial charge in [0.25, 0.3) is 5.91 Å². The van der Waals surface area contributed by atoms with E-state index in [1.165, 1.54) is 12.3 Å². The van der Waals surface area contributed by atoms with Crippen LogP contribution in [0.5, 0.6) is 5.75 Å². The zero-order valence-electron chi connectivity index (χ0n) is 15.9. The van der Waals surface area contributed by atoms with Crippen molar-refractivity contribution in [3.05, 3.63) is 64.8 Å². The minimum atomic E-state index is -0.361. The third kappa shape index (κ3) is 3.24. The highest BCUT2D eigenvalue weighted by Gasteiger charge is 2.30. The third-order valence-electron chi connectivity index (χ3n) is 4.84. The lowest BCUT2D eigenvalue weighted by atomic mass is 10.0. The fraction of sp³-hybridized carbons (Fsp3) is 0.286. The molecule has 28 heavy (non-hydrogen) atoms. The van der Waals surface area contributed by atoms with Gasteiger partial charge in [-0.15, -0.1) is 0 Å². The summed E-state index contributed by atoms with van der Waals surface area (Å²) in [6.07, 6.45) is 3.18. The van der Waals surface area contributed by atoms with Crippen LogP contribution in [0.3, 0.4) is 0 Å². The molecule has 1 aliphatic heterocycles. The molecule has 3 aromatic rings. The van der Waals surface area contributed by atoms with Crippen LogP contribution < -0.4 is 10.1 Å². The Labute approximate surface area is 161 Å². The number of hydrogen-bond acceptors (Lipinski definition) is 5. The number of ether oxygens (including phenoxy) is 1. The number of halogens is 1. The van der Waals surface area contributed by atoms with Crippen LogP contribution in [0.4, 0.5) is 4.39 Å². The molecule has 2 aromatic heterocycles. The van der Waals surface area contributed by atoms with Gasteiger partial charge in [-0.3, -0.25) is 9.78 Å². The van der Waals surface area contributed by atoms with E-state index in [1.807, 2.05) is 13.8 Å². The number of hydrogen-bond donors (Lipinski definition) is 1. The number of fused-ring (bicyclic) bond motifs is 1. The van der Waals surface area contributed by atoms with Crippen LogP contribution in [0, 0.1) is 26.6 Å². The number of nitrogens with one attached hydrogen (secondary N) is 1. The predicted octanol–water partition coefficient (Wildman–Crippen LogP) is 3.53. The van der Waals surface area contributed by atoms with Gasteiger partial charge in [-0.25, -0.2) is 9.37 Å². The molecule has 1 amide bonds. The Bertz CT molecular complexity index is 1060. The number of benzene rings is 1. The minimum absolute atomic E-state index is 0.244. The van der Waals surface area contributed by atoms with E-state index < -0.39 is 0 Å². The fourth-order valence-electron chi connectivity index (χ4n) is 3.38. The van der Waals surface area contributed by atoms with E-state index in [1.54, 1.807) is 25.3 Å². The molecule has 1 atom stereocenters. The molecular formula is C21H20FN3O3. The summed E-state index contributed by atoms with van der Waals surface area (Å²) >= 11 is 0. The fourth-order valence-corrected chi connectivity index (χ4v) is 3.38. The van der Waals surface area contributed by atoms with Gasteiger partial charge in [0, 0.05) is 23.7 Å². The van der Waals surface area contributed by atoms with E-state index in [9.17, 15) is 9.18 Å². The number of aryl methyl sites for hydroxylation is 3. The van der Waals surface area contributed by atoms with Gasteiger partial charge in [-0.2, -0.15) is 0 Å².